The first-order valence-electron chi connectivity index (χ1n) is 10.5. The van der Waals surface area contributed by atoms with Crippen LogP contribution >= 0.6 is 0 Å². The quantitative estimate of drug-likeness (QED) is 0.332. The van der Waals surface area contributed by atoms with E-state index in [0.29, 0.717) is 0 Å². The molecule has 0 radical (unpaired) electrons. The Balaban J connectivity index is 1.75. The van der Waals surface area contributed by atoms with Crippen molar-refractivity contribution >= 4 is 27.4 Å². The predicted molar refractivity (Wildman–Crippen MR) is 119 cm³/mol. The van der Waals surface area contributed by atoms with E-state index in [1.807, 2.05) is 0 Å². The molecule has 28 heavy (non-hydrogen) atoms. The Kier molecular flexibility index (Phi) is 3.24. The summed E-state index contributed by atoms with van der Waals surface area (Å²) in [7, 11) is 0. The third-order valence-electron chi connectivity index (χ3n) is 7.05. The van der Waals surface area contributed by atoms with Crippen LogP contribution in [0.25, 0.3) is 33.1 Å². The molecular formula is C27H25N. The molecule has 1 heterocycles. The monoisotopic (exact) mass is 363 g/mol. The van der Waals surface area contributed by atoms with Crippen LogP contribution in [0.4, 0.5) is 0 Å². The smallest absolute Gasteiger partial charge is 0.0547 e. The van der Waals surface area contributed by atoms with Gasteiger partial charge in [-0.1, -0.05) is 55.8 Å². The average molecular weight is 364 g/mol. The Morgan fingerprint density at radius 1 is 0.750 bits per heavy atom. The van der Waals surface area contributed by atoms with Gasteiger partial charge in [0.25, 0.3) is 0 Å². The molecule has 138 valence electrons. The van der Waals surface area contributed by atoms with Gasteiger partial charge in [-0.25, -0.2) is 0 Å². The Morgan fingerprint density at radius 2 is 1.50 bits per heavy atom. The molecule has 0 bridgehead atoms. The molecule has 0 N–H and O–H groups in total. The van der Waals surface area contributed by atoms with Gasteiger partial charge in [-0.3, -0.25) is 0 Å². The normalized spacial score (nSPS) is 17.9. The fourth-order valence-corrected chi connectivity index (χ4v) is 5.69. The second kappa shape index (κ2) is 5.61. The van der Waals surface area contributed by atoms with Crippen LogP contribution < -0.4 is 0 Å². The molecule has 2 aliphatic carbocycles. The lowest BCUT2D eigenvalue weighted by molar-refractivity contribution is 0.574. The van der Waals surface area contributed by atoms with E-state index >= 15 is 0 Å². The third kappa shape index (κ3) is 2.02. The molecule has 0 saturated heterocycles. The number of fused-ring (bicyclic) bond motifs is 5. The Hall–Kier alpha value is -2.80. The topological polar surface area (TPSA) is 4.93 Å². The van der Waals surface area contributed by atoms with Crippen LogP contribution in [0.5, 0.6) is 0 Å². The summed E-state index contributed by atoms with van der Waals surface area (Å²) in [5.41, 5.74) is 10.4. The zero-order valence-electron chi connectivity index (χ0n) is 16.6. The minimum Gasteiger partial charge on any atom is -0.309 e. The van der Waals surface area contributed by atoms with Crippen molar-refractivity contribution in [1.29, 1.82) is 0 Å². The van der Waals surface area contributed by atoms with Crippen molar-refractivity contribution in [1.82, 2.24) is 4.57 Å². The van der Waals surface area contributed by atoms with E-state index in [0.717, 1.165) is 0 Å². The molecule has 1 heteroatoms. The predicted octanol–water partition coefficient (Wildman–Crippen LogP) is 7.40. The number of allylic oxidation sites excluding steroid dienone is 2. The Labute approximate surface area is 166 Å². The summed E-state index contributed by atoms with van der Waals surface area (Å²) < 4.78 is 2.44. The first-order valence-corrected chi connectivity index (χ1v) is 10.5. The maximum atomic E-state index is 2.50. The van der Waals surface area contributed by atoms with E-state index in [-0.39, 0.29) is 5.41 Å². The number of benzene rings is 3. The van der Waals surface area contributed by atoms with Gasteiger partial charge in [-0.05, 0) is 72.7 Å². The number of hydrogen-bond acceptors (Lipinski definition) is 0. The zero-order chi connectivity index (χ0) is 18.9. The van der Waals surface area contributed by atoms with E-state index in [4.69, 9.17) is 0 Å². The second-order valence-corrected chi connectivity index (χ2v) is 8.89. The minimum absolute atomic E-state index is 0.162. The summed E-state index contributed by atoms with van der Waals surface area (Å²) in [4.78, 5) is 0. The first-order chi connectivity index (χ1) is 13.7. The molecule has 2 aliphatic rings. The van der Waals surface area contributed by atoms with Crippen LogP contribution in [-0.2, 0) is 5.41 Å². The van der Waals surface area contributed by atoms with Crippen molar-refractivity contribution in [2.24, 2.45) is 0 Å². The van der Waals surface area contributed by atoms with Gasteiger partial charge < -0.3 is 4.57 Å². The van der Waals surface area contributed by atoms with Crippen molar-refractivity contribution in [3.05, 3.63) is 83.4 Å². The van der Waals surface area contributed by atoms with Gasteiger partial charge in [0.15, 0.2) is 0 Å². The third-order valence-corrected chi connectivity index (χ3v) is 7.05. The van der Waals surface area contributed by atoms with Gasteiger partial charge in [-0.15, -0.1) is 0 Å². The van der Waals surface area contributed by atoms with Crippen molar-refractivity contribution < 1.29 is 0 Å². The van der Waals surface area contributed by atoms with Crippen molar-refractivity contribution in [3.63, 3.8) is 0 Å². The molecule has 0 fully saturated rings. The van der Waals surface area contributed by atoms with Gasteiger partial charge in [0, 0.05) is 21.9 Å². The van der Waals surface area contributed by atoms with E-state index in [9.17, 15) is 0 Å². The molecule has 4 aromatic rings. The van der Waals surface area contributed by atoms with Crippen LogP contribution in [-0.4, -0.2) is 4.57 Å². The molecule has 0 aliphatic heterocycles. The lowest BCUT2D eigenvalue weighted by Gasteiger charge is -2.26. The first kappa shape index (κ1) is 16.2. The molecule has 0 atom stereocenters. The molecule has 0 spiro atoms. The zero-order valence-corrected chi connectivity index (χ0v) is 16.6. The van der Waals surface area contributed by atoms with Crippen LogP contribution in [0.1, 0.15) is 50.7 Å². The standard InChI is InChI=1S/C27H25N/c1-27(2)23-14-8-6-12-19(23)21-17-26-22(16-24(21)27)20-13-7-9-15-25(20)28(26)18-10-4-3-5-11-18/h3-5,7,9-11,13,15-17H,6,8,12,14H2,1-2H3. The lowest BCUT2D eigenvalue weighted by atomic mass is 9.77. The fourth-order valence-electron chi connectivity index (χ4n) is 5.69. The number of rotatable bonds is 1. The Bertz CT molecular complexity index is 1270. The molecule has 0 unspecified atom stereocenters. The van der Waals surface area contributed by atoms with Crippen molar-refractivity contribution in [2.75, 3.05) is 0 Å². The highest BCUT2D eigenvalue weighted by Crippen LogP contribution is 2.53. The molecule has 1 aromatic heterocycles. The highest BCUT2D eigenvalue weighted by Gasteiger charge is 2.38. The molecule has 0 saturated carbocycles. The van der Waals surface area contributed by atoms with Crippen LogP contribution in [0.2, 0.25) is 0 Å². The van der Waals surface area contributed by atoms with E-state index in [1.54, 1.807) is 11.1 Å². The maximum absolute atomic E-state index is 2.50. The summed E-state index contributed by atoms with van der Waals surface area (Å²) in [5.74, 6) is 0. The Morgan fingerprint density at radius 3 is 2.36 bits per heavy atom. The van der Waals surface area contributed by atoms with Crippen LogP contribution in [0.15, 0.2) is 72.3 Å². The van der Waals surface area contributed by atoms with E-state index in [1.165, 1.54) is 64.3 Å². The number of nitrogens with zero attached hydrogens (tertiary/aromatic N) is 1. The molecular weight excluding hydrogens is 338 g/mol. The van der Waals surface area contributed by atoms with Crippen molar-refractivity contribution in [2.45, 2.75) is 44.9 Å². The number of para-hydroxylation sites is 2. The summed E-state index contributed by atoms with van der Waals surface area (Å²) in [6, 6.07) is 24.6. The second-order valence-electron chi connectivity index (χ2n) is 8.89. The lowest BCUT2D eigenvalue weighted by Crippen LogP contribution is -2.18. The van der Waals surface area contributed by atoms with Gasteiger partial charge in [0.2, 0.25) is 0 Å². The maximum Gasteiger partial charge on any atom is 0.0547 e. The van der Waals surface area contributed by atoms with Crippen LogP contribution in [0, 0.1) is 0 Å². The molecule has 0 amide bonds. The molecule has 6 rings (SSSR count). The highest BCUT2D eigenvalue weighted by molar-refractivity contribution is 6.11. The number of aromatic nitrogens is 1. The SMILES string of the molecule is CC1(C)C2=C(CCCC2)c2cc3c(cc21)c1ccccc1n3-c1ccccc1. The molecule has 1 nitrogen and oxygen atoms in total. The minimum atomic E-state index is 0.162. The largest absolute Gasteiger partial charge is 0.309 e. The number of hydrogen-bond donors (Lipinski definition) is 0. The van der Waals surface area contributed by atoms with Gasteiger partial charge >= 0.3 is 0 Å². The summed E-state index contributed by atoms with van der Waals surface area (Å²) >= 11 is 0. The van der Waals surface area contributed by atoms with Gasteiger partial charge in [-0.2, -0.15) is 0 Å². The summed E-state index contributed by atoms with van der Waals surface area (Å²) in [5, 5.41) is 2.73. The summed E-state index contributed by atoms with van der Waals surface area (Å²) in [6.07, 6.45) is 5.17. The summed E-state index contributed by atoms with van der Waals surface area (Å²) in [6.45, 7) is 4.86. The van der Waals surface area contributed by atoms with Gasteiger partial charge in [0.05, 0.1) is 11.0 Å². The van der Waals surface area contributed by atoms with Crippen molar-refractivity contribution in [3.8, 4) is 5.69 Å². The molecule has 3 aromatic carbocycles. The van der Waals surface area contributed by atoms with Gasteiger partial charge in [0.1, 0.15) is 0 Å². The van der Waals surface area contributed by atoms with E-state index < -0.39 is 0 Å². The average Bonchev–Trinajstić information content (AvgIpc) is 3.17. The highest BCUT2D eigenvalue weighted by atomic mass is 15.0. The van der Waals surface area contributed by atoms with E-state index in [2.05, 4.69) is 85.1 Å². The van der Waals surface area contributed by atoms with Crippen LogP contribution in [0.3, 0.4) is 0 Å². The fraction of sp³-hybridized carbons (Fsp3) is 0.259.